The van der Waals surface area contributed by atoms with Crippen LogP contribution >= 0.6 is 0 Å². The Kier molecular flexibility index (Phi) is 2.29. The maximum atomic E-state index is 9.42. The fourth-order valence-corrected chi connectivity index (χ4v) is 2.22. The van der Waals surface area contributed by atoms with Gasteiger partial charge in [0.2, 0.25) is 0 Å². The van der Waals surface area contributed by atoms with Gasteiger partial charge in [-0.25, -0.2) is 0 Å². The summed E-state index contributed by atoms with van der Waals surface area (Å²) >= 11 is 0. The SMILES string of the molecule is CC1CCc2cnccc2C1(N)CO. The first-order chi connectivity index (χ1) is 6.68. The van der Waals surface area contributed by atoms with E-state index in [0.29, 0.717) is 5.92 Å². The largest absolute Gasteiger partial charge is 0.394 e. The number of aliphatic hydroxyl groups is 1. The van der Waals surface area contributed by atoms with Crippen LogP contribution in [0.5, 0.6) is 0 Å². The van der Waals surface area contributed by atoms with E-state index in [-0.39, 0.29) is 6.61 Å². The Morgan fingerprint density at radius 1 is 1.71 bits per heavy atom. The Bertz CT molecular complexity index is 340. The zero-order valence-electron chi connectivity index (χ0n) is 8.40. The van der Waals surface area contributed by atoms with Crippen molar-refractivity contribution in [3.05, 3.63) is 29.6 Å². The molecule has 1 aliphatic rings. The number of aromatic nitrogens is 1. The van der Waals surface area contributed by atoms with Crippen LogP contribution in [0.25, 0.3) is 0 Å². The van der Waals surface area contributed by atoms with Crippen LogP contribution in [0.4, 0.5) is 0 Å². The van der Waals surface area contributed by atoms with Gasteiger partial charge in [-0.15, -0.1) is 0 Å². The molecule has 14 heavy (non-hydrogen) atoms. The molecule has 1 aromatic heterocycles. The Balaban J connectivity index is 2.52. The Labute approximate surface area is 84.0 Å². The Morgan fingerprint density at radius 2 is 2.50 bits per heavy atom. The van der Waals surface area contributed by atoms with Crippen LogP contribution in [0, 0.1) is 5.92 Å². The minimum absolute atomic E-state index is 0.00514. The number of pyridine rings is 1. The summed E-state index contributed by atoms with van der Waals surface area (Å²) in [7, 11) is 0. The summed E-state index contributed by atoms with van der Waals surface area (Å²) in [6.45, 7) is 2.10. The van der Waals surface area contributed by atoms with Crippen LogP contribution < -0.4 is 5.73 Å². The monoisotopic (exact) mass is 192 g/mol. The van der Waals surface area contributed by atoms with Crippen molar-refractivity contribution in [2.24, 2.45) is 11.7 Å². The maximum Gasteiger partial charge on any atom is 0.0673 e. The maximum absolute atomic E-state index is 9.42. The molecular weight excluding hydrogens is 176 g/mol. The lowest BCUT2D eigenvalue weighted by Crippen LogP contribution is -2.49. The molecule has 0 aliphatic heterocycles. The van der Waals surface area contributed by atoms with Crippen LogP contribution in [0.2, 0.25) is 0 Å². The molecule has 2 atom stereocenters. The van der Waals surface area contributed by atoms with Gasteiger partial charge in [-0.2, -0.15) is 0 Å². The number of nitrogens with two attached hydrogens (primary N) is 1. The summed E-state index contributed by atoms with van der Waals surface area (Å²) < 4.78 is 0. The van der Waals surface area contributed by atoms with Crippen LogP contribution in [-0.2, 0) is 12.0 Å². The third-order valence-electron chi connectivity index (χ3n) is 3.39. The standard InChI is InChI=1S/C11H16N2O/c1-8-2-3-9-6-13-5-4-10(9)11(8,12)7-14/h4-6,8,14H,2-3,7,12H2,1H3. The highest BCUT2D eigenvalue weighted by atomic mass is 16.3. The first kappa shape index (κ1) is 9.62. The minimum atomic E-state index is -0.573. The lowest BCUT2D eigenvalue weighted by Gasteiger charge is -2.39. The van der Waals surface area contributed by atoms with Gasteiger partial charge in [-0.05, 0) is 36.0 Å². The number of aryl methyl sites for hydroxylation is 1. The summed E-state index contributed by atoms with van der Waals surface area (Å²) in [5.74, 6) is 0.322. The predicted molar refractivity (Wildman–Crippen MR) is 54.7 cm³/mol. The van der Waals surface area contributed by atoms with Gasteiger partial charge in [0.15, 0.2) is 0 Å². The molecule has 2 rings (SSSR count). The van der Waals surface area contributed by atoms with Crippen LogP contribution in [0.15, 0.2) is 18.5 Å². The summed E-state index contributed by atoms with van der Waals surface area (Å²) in [5, 5.41) is 9.42. The van der Waals surface area contributed by atoms with E-state index < -0.39 is 5.54 Å². The smallest absolute Gasteiger partial charge is 0.0673 e. The van der Waals surface area contributed by atoms with Gasteiger partial charge in [0.05, 0.1) is 12.1 Å². The van der Waals surface area contributed by atoms with E-state index in [9.17, 15) is 5.11 Å². The third-order valence-corrected chi connectivity index (χ3v) is 3.39. The van der Waals surface area contributed by atoms with Crippen molar-refractivity contribution in [3.8, 4) is 0 Å². The van der Waals surface area contributed by atoms with Crippen molar-refractivity contribution in [2.45, 2.75) is 25.3 Å². The number of nitrogens with zero attached hydrogens (tertiary/aromatic N) is 1. The van der Waals surface area contributed by atoms with Crippen molar-refractivity contribution in [1.82, 2.24) is 4.98 Å². The van der Waals surface area contributed by atoms with E-state index in [0.717, 1.165) is 18.4 Å². The molecule has 0 bridgehead atoms. The van der Waals surface area contributed by atoms with Gasteiger partial charge in [-0.1, -0.05) is 6.92 Å². The van der Waals surface area contributed by atoms with Crippen molar-refractivity contribution in [3.63, 3.8) is 0 Å². The molecule has 3 heteroatoms. The van der Waals surface area contributed by atoms with Crippen molar-refractivity contribution >= 4 is 0 Å². The number of fused-ring (bicyclic) bond motifs is 1. The van der Waals surface area contributed by atoms with E-state index in [1.54, 1.807) is 6.20 Å². The average molecular weight is 192 g/mol. The van der Waals surface area contributed by atoms with E-state index in [2.05, 4.69) is 11.9 Å². The quantitative estimate of drug-likeness (QED) is 0.692. The van der Waals surface area contributed by atoms with Crippen LogP contribution in [0.1, 0.15) is 24.5 Å². The lowest BCUT2D eigenvalue weighted by molar-refractivity contribution is 0.133. The molecule has 2 unspecified atom stereocenters. The second kappa shape index (κ2) is 3.33. The van der Waals surface area contributed by atoms with Gasteiger partial charge in [0.25, 0.3) is 0 Å². The molecule has 0 amide bonds. The van der Waals surface area contributed by atoms with Crippen molar-refractivity contribution < 1.29 is 5.11 Å². The zero-order valence-corrected chi connectivity index (χ0v) is 8.40. The highest BCUT2D eigenvalue weighted by Gasteiger charge is 2.37. The fourth-order valence-electron chi connectivity index (χ4n) is 2.22. The molecule has 0 radical (unpaired) electrons. The summed E-state index contributed by atoms with van der Waals surface area (Å²) in [6, 6.07) is 1.93. The third kappa shape index (κ3) is 1.24. The van der Waals surface area contributed by atoms with Gasteiger partial charge in [0.1, 0.15) is 0 Å². The van der Waals surface area contributed by atoms with Gasteiger partial charge in [0, 0.05) is 12.4 Å². The molecule has 76 valence electrons. The highest BCUT2D eigenvalue weighted by molar-refractivity contribution is 5.34. The molecule has 0 aromatic carbocycles. The van der Waals surface area contributed by atoms with Gasteiger partial charge >= 0.3 is 0 Å². The molecule has 1 aromatic rings. The Morgan fingerprint density at radius 3 is 3.21 bits per heavy atom. The normalized spacial score (nSPS) is 31.2. The molecule has 0 spiro atoms. The van der Waals surface area contributed by atoms with Gasteiger partial charge in [-0.3, -0.25) is 4.98 Å². The fraction of sp³-hybridized carbons (Fsp3) is 0.545. The van der Waals surface area contributed by atoms with Gasteiger partial charge < -0.3 is 10.8 Å². The van der Waals surface area contributed by atoms with Crippen molar-refractivity contribution in [1.29, 1.82) is 0 Å². The van der Waals surface area contributed by atoms with E-state index >= 15 is 0 Å². The predicted octanol–water partition coefficient (Wildman–Crippen LogP) is 0.810. The van der Waals surface area contributed by atoms with Crippen molar-refractivity contribution in [2.75, 3.05) is 6.61 Å². The zero-order chi connectivity index (χ0) is 10.2. The van der Waals surface area contributed by atoms with E-state index in [1.165, 1.54) is 5.56 Å². The second-order valence-corrected chi connectivity index (χ2v) is 4.17. The van der Waals surface area contributed by atoms with Crippen LogP contribution in [0.3, 0.4) is 0 Å². The molecule has 1 heterocycles. The number of rotatable bonds is 1. The number of hydrogen-bond acceptors (Lipinski definition) is 3. The van der Waals surface area contributed by atoms with E-state index in [4.69, 9.17) is 5.73 Å². The lowest BCUT2D eigenvalue weighted by atomic mass is 9.71. The van der Waals surface area contributed by atoms with Crippen LogP contribution in [-0.4, -0.2) is 16.7 Å². The molecule has 3 nitrogen and oxygen atoms in total. The summed E-state index contributed by atoms with van der Waals surface area (Å²) in [6.07, 6.45) is 5.64. The van der Waals surface area contributed by atoms with E-state index in [1.807, 2.05) is 12.3 Å². The number of aliphatic hydroxyl groups excluding tert-OH is 1. The molecule has 0 fully saturated rings. The molecule has 3 N–H and O–H groups in total. The summed E-state index contributed by atoms with van der Waals surface area (Å²) in [5.41, 5.74) is 7.91. The molecule has 0 saturated heterocycles. The molecule has 0 saturated carbocycles. The average Bonchev–Trinajstić information content (AvgIpc) is 2.24. The molecule has 1 aliphatic carbocycles. The minimum Gasteiger partial charge on any atom is -0.394 e. The highest BCUT2D eigenvalue weighted by Crippen LogP contribution is 2.36. The second-order valence-electron chi connectivity index (χ2n) is 4.17. The number of hydrogen-bond donors (Lipinski definition) is 2. The molecular formula is C11H16N2O. The first-order valence-corrected chi connectivity index (χ1v) is 5.01. The first-order valence-electron chi connectivity index (χ1n) is 5.01. The summed E-state index contributed by atoms with van der Waals surface area (Å²) in [4.78, 5) is 4.09. The topological polar surface area (TPSA) is 59.1 Å². The Hall–Kier alpha value is -0.930.